The molecular weight excluding hydrogens is 306 g/mol. The zero-order valence-electron chi connectivity index (χ0n) is 13.1. The number of nitrogens with zero attached hydrogens (tertiary/aromatic N) is 3. The smallest absolute Gasteiger partial charge is 0.274 e. The fourth-order valence-corrected chi connectivity index (χ4v) is 3.72. The van der Waals surface area contributed by atoms with Gasteiger partial charge in [0.05, 0.1) is 10.7 Å². The molecule has 0 bridgehead atoms. The van der Waals surface area contributed by atoms with Crippen LogP contribution >= 0.6 is 11.3 Å². The summed E-state index contributed by atoms with van der Waals surface area (Å²) in [5.41, 5.74) is 4.90. The van der Waals surface area contributed by atoms with Gasteiger partial charge in [0.25, 0.3) is 5.91 Å². The second-order valence-corrected chi connectivity index (χ2v) is 6.87. The van der Waals surface area contributed by atoms with E-state index in [-0.39, 0.29) is 5.91 Å². The molecule has 0 atom stereocenters. The third-order valence-corrected chi connectivity index (χ3v) is 5.04. The van der Waals surface area contributed by atoms with E-state index in [1.54, 1.807) is 11.3 Å². The Bertz CT molecular complexity index is 893. The summed E-state index contributed by atoms with van der Waals surface area (Å²) in [6.45, 7) is 2.73. The molecule has 23 heavy (non-hydrogen) atoms. The maximum atomic E-state index is 13.0. The molecule has 0 unspecified atom stereocenters. The summed E-state index contributed by atoms with van der Waals surface area (Å²) in [4.78, 5) is 19.4. The van der Waals surface area contributed by atoms with E-state index in [1.165, 1.54) is 5.56 Å². The van der Waals surface area contributed by atoms with Crippen molar-refractivity contribution in [3.05, 3.63) is 58.2 Å². The largest absolute Gasteiger partial charge is 0.346 e. The monoisotopic (exact) mass is 323 g/mol. The van der Waals surface area contributed by atoms with Gasteiger partial charge in [-0.1, -0.05) is 18.2 Å². The number of anilines is 1. The van der Waals surface area contributed by atoms with Crippen LogP contribution in [0.1, 0.15) is 21.1 Å². The fourth-order valence-electron chi connectivity index (χ4n) is 3.10. The van der Waals surface area contributed by atoms with Gasteiger partial charge in [-0.15, -0.1) is 11.3 Å². The standard InChI is InChI=1S/C18H17N3OS/c1-12-19-15(11-23-12)14-9-17(20(2)10-14)18(22)21-8-7-13-5-3-4-6-16(13)21/h3-6,9-11H,7-8H2,1-2H3. The highest BCUT2D eigenvalue weighted by Crippen LogP contribution is 2.30. The number of aromatic nitrogens is 2. The van der Waals surface area contributed by atoms with Crippen LogP contribution < -0.4 is 4.90 Å². The average molecular weight is 323 g/mol. The quantitative estimate of drug-likeness (QED) is 0.722. The Balaban J connectivity index is 1.69. The molecule has 0 radical (unpaired) electrons. The zero-order chi connectivity index (χ0) is 16.0. The molecule has 1 aliphatic rings. The number of benzene rings is 1. The van der Waals surface area contributed by atoms with Crippen LogP contribution in [0, 0.1) is 6.92 Å². The first kappa shape index (κ1) is 14.2. The summed E-state index contributed by atoms with van der Waals surface area (Å²) >= 11 is 1.62. The molecule has 1 amide bonds. The number of rotatable bonds is 2. The molecule has 116 valence electrons. The molecule has 0 N–H and O–H groups in total. The Morgan fingerprint density at radius 2 is 2.13 bits per heavy atom. The highest BCUT2D eigenvalue weighted by atomic mass is 32.1. The normalized spacial score (nSPS) is 13.4. The van der Waals surface area contributed by atoms with Gasteiger partial charge in [-0.25, -0.2) is 4.98 Å². The molecule has 5 heteroatoms. The van der Waals surface area contributed by atoms with E-state index in [1.807, 2.05) is 59.3 Å². The van der Waals surface area contributed by atoms with Crippen molar-refractivity contribution in [3.8, 4) is 11.3 Å². The number of amides is 1. The molecule has 1 aliphatic heterocycles. The Kier molecular flexibility index (Phi) is 3.31. The molecule has 4 rings (SSSR count). The van der Waals surface area contributed by atoms with Crippen molar-refractivity contribution in [2.24, 2.45) is 7.05 Å². The van der Waals surface area contributed by atoms with Crippen molar-refractivity contribution in [1.29, 1.82) is 0 Å². The van der Waals surface area contributed by atoms with Crippen LogP contribution in [-0.4, -0.2) is 22.0 Å². The lowest BCUT2D eigenvalue weighted by molar-refractivity contribution is 0.0981. The molecule has 0 spiro atoms. The number of carbonyl (C=O) groups is 1. The average Bonchev–Trinajstić information content (AvgIpc) is 3.24. The molecule has 0 aliphatic carbocycles. The molecule has 0 fully saturated rings. The van der Waals surface area contributed by atoms with E-state index in [4.69, 9.17) is 0 Å². The van der Waals surface area contributed by atoms with Gasteiger partial charge in [-0.05, 0) is 31.0 Å². The lowest BCUT2D eigenvalue weighted by Crippen LogP contribution is -2.30. The second-order valence-electron chi connectivity index (χ2n) is 5.81. The molecule has 2 aromatic heterocycles. The first-order valence-corrected chi connectivity index (χ1v) is 8.50. The van der Waals surface area contributed by atoms with Gasteiger partial charge in [-0.2, -0.15) is 0 Å². The summed E-state index contributed by atoms with van der Waals surface area (Å²) in [6.07, 6.45) is 2.90. The van der Waals surface area contributed by atoms with Gasteiger partial charge >= 0.3 is 0 Å². The maximum absolute atomic E-state index is 13.0. The highest BCUT2D eigenvalue weighted by molar-refractivity contribution is 7.09. The molecule has 3 heterocycles. The molecule has 0 saturated heterocycles. The van der Waals surface area contributed by atoms with Crippen molar-refractivity contribution in [1.82, 2.24) is 9.55 Å². The van der Waals surface area contributed by atoms with Gasteiger partial charge in [-0.3, -0.25) is 4.79 Å². The topological polar surface area (TPSA) is 38.1 Å². The molecular formula is C18H17N3OS. The lowest BCUT2D eigenvalue weighted by atomic mass is 10.2. The van der Waals surface area contributed by atoms with Crippen LogP contribution in [0.25, 0.3) is 11.3 Å². The number of hydrogen-bond donors (Lipinski definition) is 0. The van der Waals surface area contributed by atoms with E-state index in [2.05, 4.69) is 11.1 Å². The zero-order valence-corrected chi connectivity index (χ0v) is 13.9. The van der Waals surface area contributed by atoms with Crippen molar-refractivity contribution in [2.75, 3.05) is 11.4 Å². The molecule has 4 nitrogen and oxygen atoms in total. The van der Waals surface area contributed by atoms with Crippen LogP contribution in [0.3, 0.4) is 0 Å². The maximum Gasteiger partial charge on any atom is 0.274 e. The first-order valence-electron chi connectivity index (χ1n) is 7.62. The first-order chi connectivity index (χ1) is 11.1. The van der Waals surface area contributed by atoms with E-state index in [9.17, 15) is 4.79 Å². The van der Waals surface area contributed by atoms with E-state index < -0.39 is 0 Å². The number of carbonyl (C=O) groups excluding carboxylic acids is 1. The van der Waals surface area contributed by atoms with Gasteiger partial charge in [0, 0.05) is 36.4 Å². The summed E-state index contributed by atoms with van der Waals surface area (Å²) in [5, 5.41) is 3.06. The number of fused-ring (bicyclic) bond motifs is 1. The van der Waals surface area contributed by atoms with Gasteiger partial charge < -0.3 is 9.47 Å². The minimum Gasteiger partial charge on any atom is -0.346 e. The van der Waals surface area contributed by atoms with Crippen LogP contribution in [0.5, 0.6) is 0 Å². The summed E-state index contributed by atoms with van der Waals surface area (Å²) in [5.74, 6) is 0.0515. The van der Waals surface area contributed by atoms with Crippen LogP contribution in [0.4, 0.5) is 5.69 Å². The molecule has 0 saturated carbocycles. The van der Waals surface area contributed by atoms with Crippen molar-refractivity contribution in [2.45, 2.75) is 13.3 Å². The lowest BCUT2D eigenvalue weighted by Gasteiger charge is -2.17. The number of aryl methyl sites for hydroxylation is 2. The number of hydrogen-bond acceptors (Lipinski definition) is 3. The minimum atomic E-state index is 0.0515. The predicted octanol–water partition coefficient (Wildman–Crippen LogP) is 3.66. The third-order valence-electron chi connectivity index (χ3n) is 4.27. The van der Waals surface area contributed by atoms with Crippen molar-refractivity contribution in [3.63, 3.8) is 0 Å². The van der Waals surface area contributed by atoms with E-state index >= 15 is 0 Å². The number of para-hydroxylation sites is 1. The fraction of sp³-hybridized carbons (Fsp3) is 0.222. The Labute approximate surface area is 139 Å². The van der Waals surface area contributed by atoms with Crippen molar-refractivity contribution < 1.29 is 4.79 Å². The minimum absolute atomic E-state index is 0.0515. The van der Waals surface area contributed by atoms with Crippen molar-refractivity contribution >= 4 is 22.9 Å². The molecule has 1 aromatic carbocycles. The summed E-state index contributed by atoms with van der Waals surface area (Å²) in [7, 11) is 1.91. The second kappa shape index (κ2) is 5.35. The van der Waals surface area contributed by atoms with Gasteiger partial charge in [0.2, 0.25) is 0 Å². The van der Waals surface area contributed by atoms with Gasteiger partial charge in [0.1, 0.15) is 5.69 Å². The van der Waals surface area contributed by atoms with Gasteiger partial charge in [0.15, 0.2) is 0 Å². The van der Waals surface area contributed by atoms with E-state index in [0.717, 1.165) is 34.9 Å². The van der Waals surface area contributed by atoms with Crippen LogP contribution in [-0.2, 0) is 13.5 Å². The SMILES string of the molecule is Cc1nc(-c2cc(C(=O)N3CCc4ccccc43)n(C)c2)cs1. The molecule has 3 aromatic rings. The highest BCUT2D eigenvalue weighted by Gasteiger charge is 2.27. The summed E-state index contributed by atoms with van der Waals surface area (Å²) < 4.78 is 1.90. The Morgan fingerprint density at radius 1 is 1.30 bits per heavy atom. The van der Waals surface area contributed by atoms with E-state index in [0.29, 0.717) is 5.69 Å². The third kappa shape index (κ3) is 2.37. The Hall–Kier alpha value is -2.40. The number of thiazole rings is 1. The van der Waals surface area contributed by atoms with Crippen LogP contribution in [0.15, 0.2) is 41.9 Å². The Morgan fingerprint density at radius 3 is 2.91 bits per heavy atom. The summed E-state index contributed by atoms with van der Waals surface area (Å²) in [6, 6.07) is 10.1. The predicted molar refractivity (Wildman–Crippen MR) is 93.1 cm³/mol. The van der Waals surface area contributed by atoms with Crippen LogP contribution in [0.2, 0.25) is 0 Å².